The molecule has 0 unspecified atom stereocenters. The van der Waals surface area contributed by atoms with Crippen LogP contribution in [-0.2, 0) is 5.41 Å². The van der Waals surface area contributed by atoms with Crippen molar-refractivity contribution in [2.24, 2.45) is 0 Å². The third kappa shape index (κ3) is 1.74. The number of anilines is 1. The molecule has 1 fully saturated rings. The topological polar surface area (TPSA) is 38.9 Å². The van der Waals surface area contributed by atoms with Crippen LogP contribution in [0.3, 0.4) is 0 Å². The van der Waals surface area contributed by atoms with Crippen LogP contribution < -0.4 is 5.73 Å². The zero-order chi connectivity index (χ0) is 10.0. The Kier molecular flexibility index (Phi) is 2.44. The van der Waals surface area contributed by atoms with Crippen LogP contribution >= 0.6 is 0 Å². The highest BCUT2D eigenvalue weighted by Gasteiger charge is 2.28. The molecule has 2 N–H and O–H groups in total. The molecule has 1 saturated carbocycles. The minimum absolute atomic E-state index is 0.346. The zero-order valence-corrected chi connectivity index (χ0v) is 8.79. The summed E-state index contributed by atoms with van der Waals surface area (Å²) < 4.78 is 0. The van der Waals surface area contributed by atoms with E-state index in [1.54, 1.807) is 0 Å². The number of nitrogens with two attached hydrogens (primary N) is 1. The average molecular weight is 190 g/mol. The van der Waals surface area contributed by atoms with Gasteiger partial charge in [-0.2, -0.15) is 0 Å². The smallest absolute Gasteiger partial charge is 0.123 e. The van der Waals surface area contributed by atoms with Crippen molar-refractivity contribution in [3.05, 3.63) is 23.9 Å². The standard InChI is InChI=1S/C12H18N2/c1-12(7-3-2-4-8-12)10-5-6-11(13)14-9-10/h5-6,9H,2-4,7-8H2,1H3,(H2,13,14). The van der Waals surface area contributed by atoms with Gasteiger partial charge in [-0.1, -0.05) is 32.3 Å². The third-order valence-electron chi connectivity index (χ3n) is 3.44. The first-order valence-electron chi connectivity index (χ1n) is 5.43. The Labute approximate surface area is 85.5 Å². The van der Waals surface area contributed by atoms with Crippen molar-refractivity contribution < 1.29 is 0 Å². The summed E-state index contributed by atoms with van der Waals surface area (Å²) in [6, 6.07) is 4.04. The van der Waals surface area contributed by atoms with E-state index >= 15 is 0 Å². The van der Waals surface area contributed by atoms with Crippen molar-refractivity contribution >= 4 is 5.82 Å². The van der Waals surface area contributed by atoms with Gasteiger partial charge in [0.2, 0.25) is 0 Å². The summed E-state index contributed by atoms with van der Waals surface area (Å²) in [7, 11) is 0. The Morgan fingerprint density at radius 1 is 1.21 bits per heavy atom. The molecular formula is C12H18N2. The Morgan fingerprint density at radius 2 is 1.93 bits per heavy atom. The maximum Gasteiger partial charge on any atom is 0.123 e. The molecule has 0 atom stereocenters. The summed E-state index contributed by atoms with van der Waals surface area (Å²) in [6.45, 7) is 2.35. The minimum Gasteiger partial charge on any atom is -0.384 e. The fourth-order valence-corrected chi connectivity index (χ4v) is 2.38. The number of nitrogen functional groups attached to an aromatic ring is 1. The van der Waals surface area contributed by atoms with Crippen LogP contribution in [0.5, 0.6) is 0 Å². The molecule has 0 saturated heterocycles. The second-order valence-electron chi connectivity index (χ2n) is 4.59. The number of rotatable bonds is 1. The Balaban J connectivity index is 2.23. The summed E-state index contributed by atoms with van der Waals surface area (Å²) in [5.41, 5.74) is 7.29. The highest BCUT2D eigenvalue weighted by Crippen LogP contribution is 2.38. The number of nitrogens with zero attached hydrogens (tertiary/aromatic N) is 1. The highest BCUT2D eigenvalue weighted by molar-refractivity contribution is 5.32. The van der Waals surface area contributed by atoms with E-state index in [1.165, 1.54) is 37.7 Å². The predicted octanol–water partition coefficient (Wildman–Crippen LogP) is 2.89. The van der Waals surface area contributed by atoms with Gasteiger partial charge in [-0.15, -0.1) is 0 Å². The van der Waals surface area contributed by atoms with E-state index in [0.29, 0.717) is 11.2 Å². The Bertz CT molecular complexity index is 297. The molecule has 0 aromatic carbocycles. The van der Waals surface area contributed by atoms with Crippen molar-refractivity contribution in [1.82, 2.24) is 4.98 Å². The van der Waals surface area contributed by atoms with Crippen molar-refractivity contribution in [3.63, 3.8) is 0 Å². The van der Waals surface area contributed by atoms with Gasteiger partial charge >= 0.3 is 0 Å². The third-order valence-corrected chi connectivity index (χ3v) is 3.44. The van der Waals surface area contributed by atoms with Crippen LogP contribution in [0.1, 0.15) is 44.6 Å². The van der Waals surface area contributed by atoms with E-state index in [4.69, 9.17) is 5.73 Å². The monoisotopic (exact) mass is 190 g/mol. The lowest BCUT2D eigenvalue weighted by Crippen LogP contribution is -2.25. The van der Waals surface area contributed by atoms with Crippen LogP contribution in [0.4, 0.5) is 5.82 Å². The maximum absolute atomic E-state index is 5.59. The molecule has 1 aromatic rings. The molecule has 0 amide bonds. The van der Waals surface area contributed by atoms with Crippen molar-refractivity contribution in [2.45, 2.75) is 44.4 Å². The first-order chi connectivity index (χ1) is 6.71. The molecule has 0 radical (unpaired) electrons. The van der Waals surface area contributed by atoms with Crippen LogP contribution in [0.2, 0.25) is 0 Å². The van der Waals surface area contributed by atoms with Crippen LogP contribution in [0.15, 0.2) is 18.3 Å². The summed E-state index contributed by atoms with van der Waals surface area (Å²) in [5, 5.41) is 0. The number of hydrogen-bond acceptors (Lipinski definition) is 2. The number of aromatic nitrogens is 1. The molecule has 0 bridgehead atoms. The van der Waals surface area contributed by atoms with Crippen molar-refractivity contribution in [2.75, 3.05) is 5.73 Å². The second-order valence-corrected chi connectivity index (χ2v) is 4.59. The SMILES string of the molecule is CC1(c2ccc(N)nc2)CCCCC1. The second kappa shape index (κ2) is 3.60. The molecule has 76 valence electrons. The summed E-state index contributed by atoms with van der Waals surface area (Å²) in [4.78, 5) is 4.18. The van der Waals surface area contributed by atoms with Gasteiger partial charge in [0, 0.05) is 6.20 Å². The first kappa shape index (κ1) is 9.50. The van der Waals surface area contributed by atoms with Gasteiger partial charge in [0.05, 0.1) is 0 Å². The van der Waals surface area contributed by atoms with Crippen molar-refractivity contribution in [3.8, 4) is 0 Å². The van der Waals surface area contributed by atoms with Gasteiger partial charge in [-0.25, -0.2) is 4.98 Å². The van der Waals surface area contributed by atoms with Gasteiger partial charge in [0.1, 0.15) is 5.82 Å². The lowest BCUT2D eigenvalue weighted by Gasteiger charge is -2.33. The predicted molar refractivity (Wildman–Crippen MR) is 59.1 cm³/mol. The maximum atomic E-state index is 5.59. The average Bonchev–Trinajstić information content (AvgIpc) is 2.19. The van der Waals surface area contributed by atoms with E-state index in [0.717, 1.165) is 0 Å². The molecule has 0 aliphatic heterocycles. The van der Waals surface area contributed by atoms with Gasteiger partial charge in [-0.3, -0.25) is 0 Å². The number of hydrogen-bond donors (Lipinski definition) is 1. The normalized spacial score (nSPS) is 20.6. The van der Waals surface area contributed by atoms with E-state index in [-0.39, 0.29) is 0 Å². The van der Waals surface area contributed by atoms with E-state index in [1.807, 2.05) is 12.3 Å². The quantitative estimate of drug-likeness (QED) is 0.739. The van der Waals surface area contributed by atoms with Crippen LogP contribution in [0, 0.1) is 0 Å². The Hall–Kier alpha value is -1.05. The molecule has 0 spiro atoms. The van der Waals surface area contributed by atoms with Gasteiger partial charge < -0.3 is 5.73 Å². The van der Waals surface area contributed by atoms with E-state index < -0.39 is 0 Å². The lowest BCUT2D eigenvalue weighted by atomic mass is 9.71. The molecular weight excluding hydrogens is 172 g/mol. The minimum atomic E-state index is 0.346. The zero-order valence-electron chi connectivity index (χ0n) is 8.79. The largest absolute Gasteiger partial charge is 0.384 e. The fraction of sp³-hybridized carbons (Fsp3) is 0.583. The van der Waals surface area contributed by atoms with Crippen molar-refractivity contribution in [1.29, 1.82) is 0 Å². The van der Waals surface area contributed by atoms with E-state index in [2.05, 4.69) is 18.0 Å². The number of pyridine rings is 1. The molecule has 14 heavy (non-hydrogen) atoms. The molecule has 2 rings (SSSR count). The molecule has 1 aromatic heterocycles. The van der Waals surface area contributed by atoms with Gasteiger partial charge in [0.15, 0.2) is 0 Å². The molecule has 2 heteroatoms. The summed E-state index contributed by atoms with van der Waals surface area (Å²) >= 11 is 0. The molecule has 1 heterocycles. The summed E-state index contributed by atoms with van der Waals surface area (Å²) in [5.74, 6) is 0.619. The van der Waals surface area contributed by atoms with Crippen LogP contribution in [0.25, 0.3) is 0 Å². The van der Waals surface area contributed by atoms with Crippen LogP contribution in [-0.4, -0.2) is 4.98 Å². The molecule has 2 nitrogen and oxygen atoms in total. The van der Waals surface area contributed by atoms with E-state index in [9.17, 15) is 0 Å². The fourth-order valence-electron chi connectivity index (χ4n) is 2.38. The highest BCUT2D eigenvalue weighted by atomic mass is 14.8. The molecule has 1 aliphatic rings. The van der Waals surface area contributed by atoms with Gasteiger partial charge in [-0.05, 0) is 29.9 Å². The first-order valence-corrected chi connectivity index (χ1v) is 5.43. The van der Waals surface area contributed by atoms with Gasteiger partial charge in [0.25, 0.3) is 0 Å². The summed E-state index contributed by atoms with van der Waals surface area (Å²) in [6.07, 6.45) is 8.61. The lowest BCUT2D eigenvalue weighted by molar-refractivity contribution is 0.319. The Morgan fingerprint density at radius 3 is 2.50 bits per heavy atom. The molecule has 1 aliphatic carbocycles.